The topological polar surface area (TPSA) is 35.5 Å². The smallest absolute Gasteiger partial charge is 0.389 e. The molecule has 0 aromatic heterocycles. The van der Waals surface area contributed by atoms with Crippen LogP contribution < -0.4 is 4.52 Å². The fourth-order valence-corrected chi connectivity index (χ4v) is 5.69. The van der Waals surface area contributed by atoms with Crippen LogP contribution in [0.2, 0.25) is 0 Å². The van der Waals surface area contributed by atoms with E-state index in [-0.39, 0.29) is 5.16 Å². The molecule has 17 heavy (non-hydrogen) atoms. The largest absolute Gasteiger partial charge is 0.423 e. The number of hydrogen-bond acceptors (Lipinski definition) is 3. The SMILES string of the molecule is CCOP1(=O)Oc2ccccc2C12CCCC2. The van der Waals surface area contributed by atoms with Gasteiger partial charge in [0.15, 0.2) is 0 Å². The maximum Gasteiger partial charge on any atom is 0.389 e. The summed E-state index contributed by atoms with van der Waals surface area (Å²) in [5, 5.41) is -0.362. The van der Waals surface area contributed by atoms with E-state index in [1.54, 1.807) is 0 Å². The molecule has 0 radical (unpaired) electrons. The molecule has 3 nitrogen and oxygen atoms in total. The van der Waals surface area contributed by atoms with Crippen molar-refractivity contribution < 1.29 is 13.6 Å². The molecule has 0 saturated heterocycles. The summed E-state index contributed by atoms with van der Waals surface area (Å²) < 4.78 is 24.2. The van der Waals surface area contributed by atoms with Gasteiger partial charge in [-0.1, -0.05) is 31.0 Å². The summed E-state index contributed by atoms with van der Waals surface area (Å²) in [6.07, 6.45) is 4.05. The zero-order chi connectivity index (χ0) is 11.9. The molecule has 0 N–H and O–H groups in total. The second-order valence-corrected chi connectivity index (χ2v) is 7.03. The predicted octanol–water partition coefficient (Wildman–Crippen LogP) is 4.08. The number of fused-ring (bicyclic) bond motifs is 2. The lowest BCUT2D eigenvalue weighted by Gasteiger charge is -2.28. The minimum absolute atomic E-state index is 0.362. The van der Waals surface area contributed by atoms with Crippen LogP contribution in [0.4, 0.5) is 0 Å². The molecule has 92 valence electrons. The average Bonchev–Trinajstić information content (AvgIpc) is 2.88. The fraction of sp³-hybridized carbons (Fsp3) is 0.538. The standard InChI is InChI=1S/C13H17O3P/c1-2-15-17(14)13(9-5-6-10-13)11-7-3-4-8-12(11)16-17/h3-4,7-8H,2,5-6,9-10H2,1H3. The molecular formula is C13H17O3P. The van der Waals surface area contributed by atoms with Gasteiger partial charge in [-0.05, 0) is 25.8 Å². The van der Waals surface area contributed by atoms with Crippen LogP contribution >= 0.6 is 7.60 Å². The number of rotatable bonds is 2. The molecule has 1 saturated carbocycles. The first-order valence-corrected chi connectivity index (χ1v) is 7.80. The van der Waals surface area contributed by atoms with Gasteiger partial charge in [-0.15, -0.1) is 0 Å². The Labute approximate surface area is 102 Å². The quantitative estimate of drug-likeness (QED) is 0.744. The van der Waals surface area contributed by atoms with E-state index in [9.17, 15) is 4.57 Å². The van der Waals surface area contributed by atoms with Gasteiger partial charge in [0.05, 0.1) is 6.61 Å². The minimum atomic E-state index is -3.03. The number of hydrogen-bond donors (Lipinski definition) is 0. The van der Waals surface area contributed by atoms with Crippen LogP contribution in [0.25, 0.3) is 0 Å². The summed E-state index contributed by atoms with van der Waals surface area (Å²) in [6.45, 7) is 2.31. The summed E-state index contributed by atoms with van der Waals surface area (Å²) in [4.78, 5) is 0. The van der Waals surface area contributed by atoms with Crippen LogP contribution in [0, 0.1) is 0 Å². The molecular weight excluding hydrogens is 235 g/mol. The van der Waals surface area contributed by atoms with E-state index in [1.807, 2.05) is 31.2 Å². The van der Waals surface area contributed by atoms with Crippen LogP contribution in [-0.2, 0) is 14.2 Å². The molecule has 0 bridgehead atoms. The van der Waals surface area contributed by atoms with Crippen molar-refractivity contribution in [3.63, 3.8) is 0 Å². The van der Waals surface area contributed by atoms with Gasteiger partial charge in [0, 0.05) is 5.56 Å². The Bertz CT molecular complexity index is 477. The molecule has 1 atom stereocenters. The van der Waals surface area contributed by atoms with Crippen molar-refractivity contribution in [2.45, 2.75) is 37.8 Å². The molecule has 1 aromatic rings. The molecule has 1 unspecified atom stereocenters. The van der Waals surface area contributed by atoms with Crippen LogP contribution in [-0.4, -0.2) is 6.61 Å². The fourth-order valence-electron chi connectivity index (χ4n) is 3.12. The Kier molecular flexibility index (Phi) is 2.57. The van der Waals surface area contributed by atoms with Gasteiger partial charge in [-0.2, -0.15) is 0 Å². The van der Waals surface area contributed by atoms with Crippen LogP contribution in [0.3, 0.4) is 0 Å². The molecule has 2 aliphatic rings. The van der Waals surface area contributed by atoms with Gasteiger partial charge in [0.2, 0.25) is 0 Å². The lowest BCUT2D eigenvalue weighted by molar-refractivity contribution is 0.264. The Balaban J connectivity index is 2.14. The van der Waals surface area contributed by atoms with Crippen molar-refractivity contribution in [2.24, 2.45) is 0 Å². The third-order valence-corrected chi connectivity index (χ3v) is 6.63. The van der Waals surface area contributed by atoms with Gasteiger partial charge in [0.1, 0.15) is 10.9 Å². The van der Waals surface area contributed by atoms with Crippen molar-refractivity contribution in [2.75, 3.05) is 6.61 Å². The highest BCUT2D eigenvalue weighted by molar-refractivity contribution is 7.56. The first kappa shape index (κ1) is 11.3. The predicted molar refractivity (Wildman–Crippen MR) is 66.4 cm³/mol. The number of benzene rings is 1. The summed E-state index contributed by atoms with van der Waals surface area (Å²) in [5.41, 5.74) is 1.09. The van der Waals surface area contributed by atoms with Gasteiger partial charge >= 0.3 is 7.60 Å². The zero-order valence-electron chi connectivity index (χ0n) is 10.0. The second-order valence-electron chi connectivity index (χ2n) is 4.74. The molecule has 3 rings (SSSR count). The van der Waals surface area contributed by atoms with E-state index >= 15 is 0 Å². The minimum Gasteiger partial charge on any atom is -0.423 e. The maximum absolute atomic E-state index is 13.0. The van der Waals surface area contributed by atoms with E-state index < -0.39 is 7.60 Å². The van der Waals surface area contributed by atoms with Crippen molar-refractivity contribution in [3.8, 4) is 5.75 Å². The second kappa shape index (κ2) is 3.86. The Morgan fingerprint density at radius 1 is 1.35 bits per heavy atom. The van der Waals surface area contributed by atoms with E-state index in [2.05, 4.69) is 0 Å². The monoisotopic (exact) mass is 252 g/mol. The third-order valence-electron chi connectivity index (χ3n) is 3.86. The van der Waals surface area contributed by atoms with Gasteiger partial charge < -0.3 is 4.52 Å². The summed E-state index contributed by atoms with van der Waals surface area (Å²) >= 11 is 0. The summed E-state index contributed by atoms with van der Waals surface area (Å²) in [5.74, 6) is 0.756. The van der Waals surface area contributed by atoms with Crippen molar-refractivity contribution in [1.82, 2.24) is 0 Å². The third kappa shape index (κ3) is 1.42. The summed E-state index contributed by atoms with van der Waals surface area (Å²) in [6, 6.07) is 7.85. The van der Waals surface area contributed by atoms with Crippen LogP contribution in [0.15, 0.2) is 24.3 Å². The molecule has 0 amide bonds. The lowest BCUT2D eigenvalue weighted by Crippen LogP contribution is -2.20. The normalized spacial score (nSPS) is 29.2. The molecule has 1 heterocycles. The molecule has 1 fully saturated rings. The Morgan fingerprint density at radius 2 is 2.06 bits per heavy atom. The zero-order valence-corrected chi connectivity index (χ0v) is 10.9. The first-order valence-electron chi connectivity index (χ1n) is 6.26. The van der Waals surface area contributed by atoms with E-state index in [4.69, 9.17) is 9.05 Å². The highest BCUT2D eigenvalue weighted by Gasteiger charge is 2.60. The molecule has 1 aliphatic carbocycles. The molecule has 4 heteroatoms. The van der Waals surface area contributed by atoms with Crippen molar-refractivity contribution in [1.29, 1.82) is 0 Å². The molecule has 1 spiro atoms. The Morgan fingerprint density at radius 3 is 2.76 bits per heavy atom. The van der Waals surface area contributed by atoms with Crippen molar-refractivity contribution >= 4 is 7.60 Å². The average molecular weight is 252 g/mol. The van der Waals surface area contributed by atoms with Gasteiger partial charge in [-0.3, -0.25) is 4.52 Å². The molecule has 1 aromatic carbocycles. The van der Waals surface area contributed by atoms with Crippen LogP contribution in [0.5, 0.6) is 5.75 Å². The Hall–Kier alpha value is -0.790. The van der Waals surface area contributed by atoms with Crippen molar-refractivity contribution in [3.05, 3.63) is 29.8 Å². The van der Waals surface area contributed by atoms with Gasteiger partial charge in [0.25, 0.3) is 0 Å². The maximum atomic E-state index is 13.0. The highest BCUT2D eigenvalue weighted by atomic mass is 31.2. The van der Waals surface area contributed by atoms with E-state index in [0.29, 0.717) is 6.61 Å². The van der Waals surface area contributed by atoms with E-state index in [1.165, 1.54) is 0 Å². The van der Waals surface area contributed by atoms with Gasteiger partial charge in [-0.25, -0.2) is 4.57 Å². The van der Waals surface area contributed by atoms with E-state index in [0.717, 1.165) is 37.0 Å². The lowest BCUT2D eigenvalue weighted by atomic mass is 9.96. The first-order chi connectivity index (χ1) is 8.22. The number of para-hydroxylation sites is 1. The molecule has 1 aliphatic heterocycles. The summed E-state index contributed by atoms with van der Waals surface area (Å²) in [7, 11) is -3.03. The highest BCUT2D eigenvalue weighted by Crippen LogP contribution is 2.75. The van der Waals surface area contributed by atoms with Crippen LogP contribution in [0.1, 0.15) is 38.2 Å².